The van der Waals surface area contributed by atoms with Crippen molar-refractivity contribution in [1.82, 2.24) is 9.97 Å². The van der Waals surface area contributed by atoms with Gasteiger partial charge in [-0.25, -0.2) is 14.8 Å². The second-order valence-electron chi connectivity index (χ2n) is 6.75. The molecule has 0 saturated heterocycles. The minimum absolute atomic E-state index is 0.333. The Kier molecular flexibility index (Phi) is 8.75. The number of carbonyl (C=O) groups excluding carboxylic acids is 1. The number of nitrogens with zero attached hydrogens (tertiary/aromatic N) is 2. The summed E-state index contributed by atoms with van der Waals surface area (Å²) in [5, 5.41) is 0. The molecule has 0 fully saturated rings. The minimum atomic E-state index is -0.406. The zero-order valence-electron chi connectivity index (χ0n) is 16.6. The van der Waals surface area contributed by atoms with Crippen molar-refractivity contribution in [2.75, 3.05) is 13.2 Å². The van der Waals surface area contributed by atoms with Crippen LogP contribution in [-0.2, 0) is 4.74 Å². The van der Waals surface area contributed by atoms with E-state index in [1.54, 1.807) is 6.92 Å². The number of ether oxygens (including phenoxy) is 2. The Bertz CT molecular complexity index is 684. The maximum absolute atomic E-state index is 11.6. The molecule has 0 N–H and O–H groups in total. The number of unbranched alkanes of at least 4 members (excludes halogenated alkanes) is 2. The Balaban J connectivity index is 1.78. The van der Waals surface area contributed by atoms with Gasteiger partial charge < -0.3 is 9.47 Å². The number of esters is 1. The van der Waals surface area contributed by atoms with Crippen LogP contribution in [0.25, 0.3) is 11.4 Å². The van der Waals surface area contributed by atoms with Crippen molar-refractivity contribution in [1.29, 1.82) is 0 Å². The predicted molar refractivity (Wildman–Crippen MR) is 107 cm³/mol. The largest absolute Gasteiger partial charge is 0.494 e. The summed E-state index contributed by atoms with van der Waals surface area (Å²) in [6.45, 7) is 7.40. The van der Waals surface area contributed by atoms with E-state index in [2.05, 4.69) is 23.8 Å². The van der Waals surface area contributed by atoms with E-state index in [1.807, 2.05) is 24.3 Å². The number of rotatable bonds is 11. The van der Waals surface area contributed by atoms with E-state index in [1.165, 1.54) is 38.1 Å². The van der Waals surface area contributed by atoms with Crippen molar-refractivity contribution in [3.8, 4) is 17.1 Å². The van der Waals surface area contributed by atoms with Crippen LogP contribution in [0.5, 0.6) is 5.75 Å². The third-order valence-electron chi connectivity index (χ3n) is 4.58. The highest BCUT2D eigenvalue weighted by Gasteiger charge is 2.09. The van der Waals surface area contributed by atoms with Gasteiger partial charge in [0, 0.05) is 18.0 Å². The molecule has 2 aromatic rings. The average Bonchev–Trinajstić information content (AvgIpc) is 2.71. The standard InChI is InChI=1S/C22H30N2O3/c1-4-17(3)9-7-6-8-14-27-20-12-10-18(11-13-20)21-23-15-19(16-24-21)22(25)26-5-2/h10-13,15-17H,4-9,14H2,1-3H3/t17-/m0/s1. The molecule has 0 bridgehead atoms. The van der Waals surface area contributed by atoms with Gasteiger partial charge >= 0.3 is 5.97 Å². The molecule has 0 saturated carbocycles. The minimum Gasteiger partial charge on any atom is -0.494 e. The topological polar surface area (TPSA) is 61.3 Å². The number of hydrogen-bond acceptors (Lipinski definition) is 5. The van der Waals surface area contributed by atoms with Gasteiger partial charge in [-0.1, -0.05) is 39.5 Å². The Morgan fingerprint density at radius 2 is 1.74 bits per heavy atom. The molecule has 1 atom stereocenters. The molecule has 0 aliphatic carbocycles. The highest BCUT2D eigenvalue weighted by atomic mass is 16.5. The van der Waals surface area contributed by atoms with E-state index >= 15 is 0 Å². The normalized spacial score (nSPS) is 11.8. The zero-order chi connectivity index (χ0) is 19.5. The van der Waals surface area contributed by atoms with Gasteiger partial charge in [-0.3, -0.25) is 0 Å². The van der Waals surface area contributed by atoms with Crippen molar-refractivity contribution in [3.63, 3.8) is 0 Å². The smallest absolute Gasteiger partial charge is 0.341 e. The molecule has 0 spiro atoms. The SMILES string of the molecule is CCOC(=O)c1cnc(-c2ccc(OCCCCC[C@@H](C)CC)cc2)nc1. The van der Waals surface area contributed by atoms with Crippen molar-refractivity contribution in [2.45, 2.75) is 52.9 Å². The Hall–Kier alpha value is -2.43. The van der Waals surface area contributed by atoms with Crippen LogP contribution in [0.15, 0.2) is 36.7 Å². The molecule has 1 heterocycles. The molecule has 0 aliphatic heterocycles. The fraction of sp³-hybridized carbons (Fsp3) is 0.500. The summed E-state index contributed by atoms with van der Waals surface area (Å²) in [7, 11) is 0. The van der Waals surface area contributed by atoms with Gasteiger partial charge in [0.2, 0.25) is 0 Å². The Labute approximate surface area is 162 Å². The van der Waals surface area contributed by atoms with E-state index in [-0.39, 0.29) is 0 Å². The van der Waals surface area contributed by atoms with Crippen LogP contribution in [0.2, 0.25) is 0 Å². The maximum atomic E-state index is 11.6. The van der Waals surface area contributed by atoms with Gasteiger partial charge in [0.05, 0.1) is 18.8 Å². The number of carbonyl (C=O) groups is 1. The molecule has 146 valence electrons. The number of hydrogen-bond donors (Lipinski definition) is 0. The summed E-state index contributed by atoms with van der Waals surface area (Å²) in [6, 6.07) is 7.71. The molecule has 0 amide bonds. The Morgan fingerprint density at radius 1 is 1.04 bits per heavy atom. The molecule has 0 aliphatic rings. The number of aromatic nitrogens is 2. The summed E-state index contributed by atoms with van der Waals surface area (Å²) in [5.74, 6) is 1.84. The zero-order valence-corrected chi connectivity index (χ0v) is 16.6. The monoisotopic (exact) mass is 370 g/mol. The molecule has 1 aromatic heterocycles. The van der Waals surface area contributed by atoms with E-state index in [0.29, 0.717) is 18.0 Å². The third-order valence-corrected chi connectivity index (χ3v) is 4.58. The van der Waals surface area contributed by atoms with E-state index in [0.717, 1.165) is 30.3 Å². The predicted octanol–water partition coefficient (Wildman–Crippen LogP) is 5.31. The lowest BCUT2D eigenvalue weighted by atomic mass is 10.0. The molecule has 2 rings (SSSR count). The van der Waals surface area contributed by atoms with Crippen molar-refractivity contribution in [3.05, 3.63) is 42.2 Å². The van der Waals surface area contributed by atoms with Crippen LogP contribution in [0.1, 0.15) is 63.2 Å². The summed E-state index contributed by atoms with van der Waals surface area (Å²) < 4.78 is 10.7. The molecule has 0 radical (unpaired) electrons. The van der Waals surface area contributed by atoms with Gasteiger partial charge in [-0.15, -0.1) is 0 Å². The van der Waals surface area contributed by atoms with Crippen LogP contribution in [0.4, 0.5) is 0 Å². The van der Waals surface area contributed by atoms with Gasteiger partial charge in [0.15, 0.2) is 5.82 Å². The molecule has 5 heteroatoms. The van der Waals surface area contributed by atoms with Gasteiger partial charge in [-0.2, -0.15) is 0 Å². The summed E-state index contributed by atoms with van der Waals surface area (Å²) in [4.78, 5) is 20.1. The lowest BCUT2D eigenvalue weighted by Gasteiger charge is -2.09. The summed E-state index contributed by atoms with van der Waals surface area (Å²) in [5.41, 5.74) is 1.24. The lowest BCUT2D eigenvalue weighted by Crippen LogP contribution is -2.06. The highest BCUT2D eigenvalue weighted by molar-refractivity contribution is 5.88. The molecule has 27 heavy (non-hydrogen) atoms. The molecule has 5 nitrogen and oxygen atoms in total. The highest BCUT2D eigenvalue weighted by Crippen LogP contribution is 2.20. The first-order valence-electron chi connectivity index (χ1n) is 9.86. The van der Waals surface area contributed by atoms with Crippen molar-refractivity contribution in [2.24, 2.45) is 5.92 Å². The molecule has 1 aromatic carbocycles. The van der Waals surface area contributed by atoms with Gasteiger partial charge in [-0.05, 0) is 43.5 Å². The van der Waals surface area contributed by atoms with E-state index in [4.69, 9.17) is 9.47 Å². The number of benzene rings is 1. The maximum Gasteiger partial charge on any atom is 0.341 e. The second kappa shape index (κ2) is 11.3. The fourth-order valence-corrected chi connectivity index (χ4v) is 2.66. The van der Waals surface area contributed by atoms with Gasteiger partial charge in [0.25, 0.3) is 0 Å². The average molecular weight is 370 g/mol. The lowest BCUT2D eigenvalue weighted by molar-refractivity contribution is 0.0525. The van der Waals surface area contributed by atoms with Crippen LogP contribution >= 0.6 is 0 Å². The van der Waals surface area contributed by atoms with Crippen LogP contribution in [0.3, 0.4) is 0 Å². The fourth-order valence-electron chi connectivity index (χ4n) is 2.66. The molecular formula is C22H30N2O3. The summed E-state index contributed by atoms with van der Waals surface area (Å²) >= 11 is 0. The first-order valence-corrected chi connectivity index (χ1v) is 9.86. The second-order valence-corrected chi connectivity index (χ2v) is 6.75. The van der Waals surface area contributed by atoms with Gasteiger partial charge in [0.1, 0.15) is 5.75 Å². The molecular weight excluding hydrogens is 340 g/mol. The van der Waals surface area contributed by atoms with Crippen molar-refractivity contribution >= 4 is 5.97 Å². The quantitative estimate of drug-likeness (QED) is 0.396. The first-order chi connectivity index (χ1) is 13.1. The van der Waals surface area contributed by atoms with Crippen molar-refractivity contribution < 1.29 is 14.3 Å². The van der Waals surface area contributed by atoms with Crippen LogP contribution < -0.4 is 4.74 Å². The van der Waals surface area contributed by atoms with E-state index < -0.39 is 5.97 Å². The van der Waals surface area contributed by atoms with Crippen LogP contribution in [-0.4, -0.2) is 29.2 Å². The van der Waals surface area contributed by atoms with E-state index in [9.17, 15) is 4.79 Å². The van der Waals surface area contributed by atoms with Crippen LogP contribution in [0, 0.1) is 5.92 Å². The molecule has 0 unspecified atom stereocenters. The summed E-state index contributed by atoms with van der Waals surface area (Å²) in [6.07, 6.45) is 9.11. The Morgan fingerprint density at radius 3 is 2.37 bits per heavy atom. The third kappa shape index (κ3) is 7.00. The first kappa shape index (κ1) is 20.9.